The molecule has 5 rings (SSSR count). The molecule has 2 aromatic heterocycles. The number of benzene rings is 2. The van der Waals surface area contributed by atoms with Gasteiger partial charge in [0.1, 0.15) is 10.1 Å². The van der Waals surface area contributed by atoms with E-state index in [0.29, 0.717) is 40.9 Å². The highest BCUT2D eigenvalue weighted by molar-refractivity contribution is 7.17. The van der Waals surface area contributed by atoms with Gasteiger partial charge in [-0.3, -0.25) is 0 Å². The molecular weight excluding hydrogens is 693 g/mol. The molecule has 1 aliphatic heterocycles. The number of tetrazole rings is 1. The van der Waals surface area contributed by atoms with Crippen LogP contribution in [0.2, 0.25) is 4.34 Å². The first-order chi connectivity index (χ1) is 19.7. The van der Waals surface area contributed by atoms with E-state index in [-0.39, 0.29) is 33.2 Å². The van der Waals surface area contributed by atoms with E-state index in [0.717, 1.165) is 28.8 Å². The van der Waals surface area contributed by atoms with Crippen LogP contribution < -0.4 is 36.0 Å². The van der Waals surface area contributed by atoms with Crippen molar-refractivity contribution in [1.82, 2.24) is 20.0 Å². The Hall–Kier alpha value is -3.09. The maximum absolute atomic E-state index is 13.5. The Labute approximate surface area is 262 Å². The Kier molecular flexibility index (Phi) is 11.3. The van der Waals surface area contributed by atoms with Crippen LogP contribution in [0.25, 0.3) is 22.2 Å². The third-order valence-electron chi connectivity index (χ3n) is 5.48. The molecular formula is C24H25BBrClF6N6O3S. The number of hydrogen-bond acceptors (Lipinski definition) is 7. The van der Waals surface area contributed by atoms with Gasteiger partial charge in [-0.2, -0.15) is 0 Å². The number of rotatable bonds is 9. The summed E-state index contributed by atoms with van der Waals surface area (Å²) in [4.78, 5) is 6.87. The number of halogens is 8. The van der Waals surface area contributed by atoms with Gasteiger partial charge < -0.3 is 52.9 Å². The van der Waals surface area contributed by atoms with Gasteiger partial charge in [-0.05, 0) is 56.4 Å². The first-order valence-corrected chi connectivity index (χ1v) is 13.5. The minimum atomic E-state index is -6.00. The highest BCUT2D eigenvalue weighted by atomic mass is 79.9. The summed E-state index contributed by atoms with van der Waals surface area (Å²) >= 11 is 6.97. The molecule has 0 amide bonds. The fraction of sp³-hybridized carbons (Fsp3) is 0.333. The molecule has 234 valence electrons. The summed E-state index contributed by atoms with van der Waals surface area (Å²) in [7, 11) is 0.365. The van der Waals surface area contributed by atoms with Crippen molar-refractivity contribution >= 4 is 30.2 Å². The van der Waals surface area contributed by atoms with Gasteiger partial charge in [-0.15, -0.1) is 0 Å². The zero-order valence-corrected chi connectivity index (χ0v) is 26.0. The van der Waals surface area contributed by atoms with E-state index < -0.39 is 19.4 Å². The standard InChI is InChI=1S/C24H25ClF2N6O3S.BF4.BrH/c1-33(2,3)11-6-12-34-17-8-5-4-7-16(17)31-29-23(15-9-10-18-19(13-15)36-14-35-18)30-32(31)24-28-20(22(26)27)21(25)37-24;2-1(3,4)5;/h4-5,7-10,13,22H,6,11-12,14H2,1-3H3;;1H/q+2;-1;/p-1. The number of alkyl halides is 2. The van der Waals surface area contributed by atoms with Crippen LogP contribution in [0.4, 0.5) is 26.0 Å². The molecule has 9 nitrogen and oxygen atoms in total. The van der Waals surface area contributed by atoms with Crippen molar-refractivity contribution in [1.29, 1.82) is 0 Å². The largest absolute Gasteiger partial charge is 1.00 e. The zero-order chi connectivity index (χ0) is 30.7. The summed E-state index contributed by atoms with van der Waals surface area (Å²) in [6.07, 6.45) is -1.98. The van der Waals surface area contributed by atoms with E-state index >= 15 is 0 Å². The second kappa shape index (κ2) is 14.1. The normalized spacial score (nSPS) is 12.5. The second-order valence-corrected chi connectivity index (χ2v) is 11.4. The number of fused-ring (bicyclic) bond motifs is 1. The first-order valence-electron chi connectivity index (χ1n) is 12.3. The average Bonchev–Trinajstić information content (AvgIpc) is 3.62. The van der Waals surface area contributed by atoms with Crippen LogP contribution in [0, 0.1) is 0 Å². The molecule has 0 saturated heterocycles. The molecule has 0 unspecified atom stereocenters. The van der Waals surface area contributed by atoms with E-state index in [1.165, 1.54) is 9.59 Å². The maximum atomic E-state index is 13.5. The summed E-state index contributed by atoms with van der Waals surface area (Å²) in [5.41, 5.74) is 0.713. The van der Waals surface area contributed by atoms with Crippen LogP contribution in [0.3, 0.4) is 0 Å². The Balaban J connectivity index is 0.000000781. The van der Waals surface area contributed by atoms with Crippen molar-refractivity contribution < 1.29 is 66.5 Å². The van der Waals surface area contributed by atoms with Crippen LogP contribution in [0.15, 0.2) is 42.5 Å². The number of quaternary nitrogens is 1. The van der Waals surface area contributed by atoms with E-state index in [1.54, 1.807) is 18.2 Å². The lowest BCUT2D eigenvalue weighted by molar-refractivity contribution is -0.870. The van der Waals surface area contributed by atoms with Crippen molar-refractivity contribution in [3.63, 3.8) is 0 Å². The lowest BCUT2D eigenvalue weighted by Gasteiger charge is -2.23. The van der Waals surface area contributed by atoms with Gasteiger partial charge in [0.15, 0.2) is 17.2 Å². The molecule has 0 bridgehead atoms. The molecule has 0 atom stereocenters. The van der Waals surface area contributed by atoms with Crippen molar-refractivity contribution in [3.8, 4) is 39.5 Å². The monoisotopic (exact) mass is 716 g/mol. The average molecular weight is 718 g/mol. The highest BCUT2D eigenvalue weighted by Crippen LogP contribution is 2.36. The molecule has 4 aromatic rings. The smallest absolute Gasteiger partial charge is 0.673 e. The zero-order valence-electron chi connectivity index (χ0n) is 22.9. The lowest BCUT2D eigenvalue weighted by Crippen LogP contribution is -3.00. The maximum Gasteiger partial charge on any atom is 0.673 e. The van der Waals surface area contributed by atoms with Crippen molar-refractivity contribution in [3.05, 3.63) is 52.5 Å². The minimum absolute atomic E-state index is 0. The Morgan fingerprint density at radius 2 is 1.77 bits per heavy atom. The molecule has 0 aliphatic carbocycles. The van der Waals surface area contributed by atoms with E-state index in [1.807, 2.05) is 24.3 Å². The summed E-state index contributed by atoms with van der Waals surface area (Å²) in [5, 5.41) is 9.42. The quantitative estimate of drug-likeness (QED) is 0.0873. The van der Waals surface area contributed by atoms with Gasteiger partial charge in [0, 0.05) is 17.1 Å². The van der Waals surface area contributed by atoms with Gasteiger partial charge >= 0.3 is 12.4 Å². The van der Waals surface area contributed by atoms with Crippen molar-refractivity contribution in [2.24, 2.45) is 0 Å². The van der Waals surface area contributed by atoms with Crippen molar-refractivity contribution in [2.45, 2.75) is 12.8 Å². The predicted octanol–water partition coefficient (Wildman–Crippen LogP) is 2.77. The summed E-state index contributed by atoms with van der Waals surface area (Å²) in [6, 6.07) is 12.7. The highest BCUT2D eigenvalue weighted by Gasteiger charge is 2.31. The van der Waals surface area contributed by atoms with Crippen LogP contribution >= 0.6 is 22.9 Å². The third-order valence-corrected chi connectivity index (χ3v) is 6.73. The summed E-state index contributed by atoms with van der Waals surface area (Å²) in [5.74, 6) is 2.08. The molecule has 3 heterocycles. The number of ether oxygens (including phenoxy) is 3. The summed E-state index contributed by atoms with van der Waals surface area (Å²) < 4.78 is 83.6. The fourth-order valence-electron chi connectivity index (χ4n) is 3.70. The number of nitrogens with zero attached hydrogens (tertiary/aromatic N) is 6. The molecule has 0 radical (unpaired) electrons. The topological polar surface area (TPSA) is 75.2 Å². The van der Waals surface area contributed by atoms with Crippen LogP contribution in [-0.4, -0.2) is 72.8 Å². The molecule has 43 heavy (non-hydrogen) atoms. The molecule has 0 fully saturated rings. The molecule has 2 aromatic carbocycles. The van der Waals surface area contributed by atoms with Gasteiger partial charge in [0.2, 0.25) is 12.5 Å². The fourth-order valence-corrected chi connectivity index (χ4v) is 4.78. The van der Waals surface area contributed by atoms with E-state index in [2.05, 4.69) is 36.3 Å². The van der Waals surface area contributed by atoms with E-state index in [4.69, 9.17) is 25.8 Å². The van der Waals surface area contributed by atoms with Gasteiger partial charge in [0.25, 0.3) is 12.2 Å². The SMILES string of the molecule is C[N+](C)(C)CCCOc1ccccc1-n1nc(-c2ccc3c(c2)OCO3)n[n+]1-c1nc(C(F)F)c(Cl)s1.F[B-](F)(F)F.[Br-]. The van der Waals surface area contributed by atoms with Gasteiger partial charge in [-0.25, -0.2) is 8.78 Å². The van der Waals surface area contributed by atoms with Gasteiger partial charge in [0.05, 0.1) is 34.3 Å². The number of thiazole rings is 1. The second-order valence-electron chi connectivity index (χ2n) is 9.81. The van der Waals surface area contributed by atoms with E-state index in [9.17, 15) is 26.0 Å². The first kappa shape index (κ1) is 34.4. The Morgan fingerprint density at radius 1 is 1.09 bits per heavy atom. The Morgan fingerprint density at radius 3 is 2.42 bits per heavy atom. The molecule has 1 aliphatic rings. The van der Waals surface area contributed by atoms with Crippen LogP contribution in [0.5, 0.6) is 17.2 Å². The molecule has 0 N–H and O–H groups in total. The molecule has 19 heteroatoms. The Bertz CT molecular complexity index is 1530. The molecule has 0 spiro atoms. The number of aromatic nitrogens is 5. The van der Waals surface area contributed by atoms with Crippen molar-refractivity contribution in [2.75, 3.05) is 41.1 Å². The predicted molar refractivity (Wildman–Crippen MR) is 143 cm³/mol. The van der Waals surface area contributed by atoms with Crippen LogP contribution in [-0.2, 0) is 0 Å². The summed E-state index contributed by atoms with van der Waals surface area (Å²) in [6.45, 7) is 1.57. The number of para-hydroxylation sites is 2. The lowest BCUT2D eigenvalue weighted by atomic mass is 10.2. The van der Waals surface area contributed by atoms with Gasteiger partial charge in [-0.1, -0.05) is 28.7 Å². The third kappa shape index (κ3) is 9.45. The molecule has 0 saturated carbocycles. The minimum Gasteiger partial charge on any atom is -1.00 e. The van der Waals surface area contributed by atoms with Crippen LogP contribution in [0.1, 0.15) is 18.5 Å². The number of hydrogen-bond donors (Lipinski definition) is 0.